The third kappa shape index (κ3) is 2.63. The molecule has 0 unspecified atom stereocenters. The second-order valence-electron chi connectivity index (χ2n) is 4.51. The first kappa shape index (κ1) is 13.6. The highest BCUT2D eigenvalue weighted by molar-refractivity contribution is 6.31. The maximum Gasteiger partial charge on any atom is 0.155 e. The molecular formula is C14H16ClN3O. The molecule has 0 fully saturated rings. The Morgan fingerprint density at radius 2 is 2.11 bits per heavy atom. The third-order valence-electron chi connectivity index (χ3n) is 3.08. The van der Waals surface area contributed by atoms with Gasteiger partial charge in [0.1, 0.15) is 5.82 Å². The molecule has 0 aliphatic rings. The summed E-state index contributed by atoms with van der Waals surface area (Å²) in [5.74, 6) is 0.799. The Bertz CT molecular complexity index is 607. The van der Waals surface area contributed by atoms with E-state index in [1.54, 1.807) is 4.68 Å². The Balaban J connectivity index is 2.33. The van der Waals surface area contributed by atoms with Crippen LogP contribution in [0.3, 0.4) is 0 Å². The molecule has 2 aromatic rings. The van der Waals surface area contributed by atoms with Gasteiger partial charge in [0, 0.05) is 25.7 Å². The van der Waals surface area contributed by atoms with E-state index < -0.39 is 0 Å². The van der Waals surface area contributed by atoms with E-state index in [1.165, 1.54) is 0 Å². The fourth-order valence-electron chi connectivity index (χ4n) is 2.21. The van der Waals surface area contributed by atoms with Crippen molar-refractivity contribution in [2.45, 2.75) is 13.5 Å². The van der Waals surface area contributed by atoms with Gasteiger partial charge in [0.05, 0.1) is 11.3 Å². The Morgan fingerprint density at radius 3 is 2.74 bits per heavy atom. The zero-order valence-electron chi connectivity index (χ0n) is 11.2. The van der Waals surface area contributed by atoms with Crippen LogP contribution in [-0.4, -0.2) is 23.1 Å². The number of hydrogen-bond acceptors (Lipinski definition) is 3. The number of aryl methyl sites for hydroxylation is 2. The van der Waals surface area contributed by atoms with Crippen LogP contribution < -0.4 is 4.90 Å². The van der Waals surface area contributed by atoms with Gasteiger partial charge in [-0.3, -0.25) is 9.48 Å². The molecule has 0 N–H and O–H groups in total. The molecule has 0 radical (unpaired) electrons. The van der Waals surface area contributed by atoms with Crippen LogP contribution in [0.4, 0.5) is 5.82 Å². The first-order chi connectivity index (χ1) is 9.04. The van der Waals surface area contributed by atoms with Crippen molar-refractivity contribution in [3.8, 4) is 0 Å². The van der Waals surface area contributed by atoms with Crippen LogP contribution in [0.1, 0.15) is 21.6 Å². The van der Waals surface area contributed by atoms with Crippen molar-refractivity contribution in [3.63, 3.8) is 0 Å². The van der Waals surface area contributed by atoms with E-state index in [-0.39, 0.29) is 0 Å². The van der Waals surface area contributed by atoms with Gasteiger partial charge in [-0.15, -0.1) is 0 Å². The molecular weight excluding hydrogens is 262 g/mol. The predicted molar refractivity (Wildman–Crippen MR) is 76.9 cm³/mol. The van der Waals surface area contributed by atoms with E-state index in [9.17, 15) is 4.79 Å². The third-order valence-corrected chi connectivity index (χ3v) is 3.45. The number of aromatic nitrogens is 2. The van der Waals surface area contributed by atoms with Crippen molar-refractivity contribution in [3.05, 3.63) is 46.1 Å². The van der Waals surface area contributed by atoms with Crippen LogP contribution in [0.25, 0.3) is 0 Å². The van der Waals surface area contributed by atoms with Crippen molar-refractivity contribution < 1.29 is 4.79 Å². The molecule has 0 bridgehead atoms. The van der Waals surface area contributed by atoms with Gasteiger partial charge in [-0.2, -0.15) is 5.10 Å². The first-order valence-electron chi connectivity index (χ1n) is 5.98. The zero-order valence-corrected chi connectivity index (χ0v) is 12.0. The van der Waals surface area contributed by atoms with Crippen LogP contribution in [0.2, 0.25) is 5.02 Å². The highest BCUT2D eigenvalue weighted by Gasteiger charge is 2.17. The molecule has 1 aromatic carbocycles. The van der Waals surface area contributed by atoms with Gasteiger partial charge in [-0.25, -0.2) is 0 Å². The van der Waals surface area contributed by atoms with Crippen molar-refractivity contribution in [1.29, 1.82) is 0 Å². The van der Waals surface area contributed by atoms with E-state index in [2.05, 4.69) is 5.10 Å². The summed E-state index contributed by atoms with van der Waals surface area (Å²) in [6.07, 6.45) is 0.848. The second-order valence-corrected chi connectivity index (χ2v) is 4.92. The monoisotopic (exact) mass is 277 g/mol. The van der Waals surface area contributed by atoms with Crippen molar-refractivity contribution in [1.82, 2.24) is 9.78 Å². The van der Waals surface area contributed by atoms with E-state index in [0.29, 0.717) is 12.1 Å². The van der Waals surface area contributed by atoms with Crippen LogP contribution in [0.5, 0.6) is 0 Å². The predicted octanol–water partition coefficient (Wildman–Crippen LogP) is 2.83. The number of nitrogens with zero attached hydrogens (tertiary/aromatic N) is 3. The molecule has 0 spiro atoms. The number of carbonyl (C=O) groups excluding carboxylic acids is 1. The summed E-state index contributed by atoms with van der Waals surface area (Å²) in [5, 5.41) is 5.00. The lowest BCUT2D eigenvalue weighted by Crippen LogP contribution is -2.20. The lowest BCUT2D eigenvalue weighted by atomic mass is 10.2. The minimum Gasteiger partial charge on any atom is -0.355 e. The van der Waals surface area contributed by atoms with Gasteiger partial charge in [0.25, 0.3) is 0 Å². The Morgan fingerprint density at radius 1 is 1.42 bits per heavy atom. The van der Waals surface area contributed by atoms with Gasteiger partial charge in [0.15, 0.2) is 6.29 Å². The number of halogens is 1. The van der Waals surface area contributed by atoms with E-state index >= 15 is 0 Å². The number of carbonyl (C=O) groups is 1. The molecule has 100 valence electrons. The summed E-state index contributed by atoms with van der Waals surface area (Å²) in [6, 6.07) is 7.68. The van der Waals surface area contributed by atoms with Crippen molar-refractivity contribution in [2.24, 2.45) is 7.05 Å². The number of aldehydes is 1. The molecule has 0 aliphatic carbocycles. The Hall–Kier alpha value is -1.81. The molecule has 4 nitrogen and oxygen atoms in total. The molecule has 0 amide bonds. The maximum atomic E-state index is 11.2. The van der Waals surface area contributed by atoms with Gasteiger partial charge >= 0.3 is 0 Å². The average Bonchev–Trinajstić information content (AvgIpc) is 2.66. The molecule has 0 saturated carbocycles. The largest absolute Gasteiger partial charge is 0.355 e. The molecule has 5 heteroatoms. The normalized spacial score (nSPS) is 10.5. The van der Waals surface area contributed by atoms with Crippen LogP contribution in [0, 0.1) is 6.92 Å². The summed E-state index contributed by atoms with van der Waals surface area (Å²) in [6.45, 7) is 2.45. The highest BCUT2D eigenvalue weighted by Crippen LogP contribution is 2.24. The van der Waals surface area contributed by atoms with Crippen LogP contribution >= 0.6 is 11.6 Å². The second kappa shape index (κ2) is 5.45. The van der Waals surface area contributed by atoms with Gasteiger partial charge in [0.2, 0.25) is 0 Å². The number of rotatable bonds is 4. The highest BCUT2D eigenvalue weighted by atomic mass is 35.5. The topological polar surface area (TPSA) is 38.1 Å². The van der Waals surface area contributed by atoms with Gasteiger partial charge < -0.3 is 4.90 Å². The summed E-state index contributed by atoms with van der Waals surface area (Å²) in [5.41, 5.74) is 2.37. The zero-order chi connectivity index (χ0) is 14.0. The van der Waals surface area contributed by atoms with Crippen molar-refractivity contribution >= 4 is 23.7 Å². The van der Waals surface area contributed by atoms with Gasteiger partial charge in [-0.05, 0) is 18.6 Å². The summed E-state index contributed by atoms with van der Waals surface area (Å²) < 4.78 is 1.72. The lowest BCUT2D eigenvalue weighted by molar-refractivity contribution is 0.112. The minimum atomic E-state index is 0.622. The molecule has 1 heterocycles. The lowest BCUT2D eigenvalue weighted by Gasteiger charge is -2.20. The molecule has 1 aromatic heterocycles. The fourth-order valence-corrected chi connectivity index (χ4v) is 2.41. The Labute approximate surface area is 117 Å². The van der Waals surface area contributed by atoms with Crippen molar-refractivity contribution in [2.75, 3.05) is 11.9 Å². The number of hydrogen-bond donors (Lipinski definition) is 0. The summed E-state index contributed by atoms with van der Waals surface area (Å²) in [7, 11) is 3.76. The quantitative estimate of drug-likeness (QED) is 0.807. The fraction of sp³-hybridized carbons (Fsp3) is 0.286. The number of benzene rings is 1. The van der Waals surface area contributed by atoms with E-state index in [0.717, 1.165) is 28.4 Å². The summed E-state index contributed by atoms with van der Waals surface area (Å²) in [4.78, 5) is 13.2. The molecule has 0 atom stereocenters. The van der Waals surface area contributed by atoms with Crippen LogP contribution in [0.15, 0.2) is 24.3 Å². The average molecular weight is 278 g/mol. The minimum absolute atomic E-state index is 0.622. The summed E-state index contributed by atoms with van der Waals surface area (Å²) >= 11 is 6.16. The molecule has 19 heavy (non-hydrogen) atoms. The molecule has 2 rings (SSSR count). The van der Waals surface area contributed by atoms with Crippen LogP contribution in [-0.2, 0) is 13.6 Å². The SMILES string of the molecule is Cc1nn(C)c(N(C)Cc2ccccc2Cl)c1C=O. The molecule has 0 aliphatic heterocycles. The number of anilines is 1. The first-order valence-corrected chi connectivity index (χ1v) is 6.35. The standard InChI is InChI=1S/C14H16ClN3O/c1-10-12(9-19)14(18(3)16-10)17(2)8-11-6-4-5-7-13(11)15/h4-7,9H,8H2,1-3H3. The van der Waals surface area contributed by atoms with Gasteiger partial charge in [-0.1, -0.05) is 29.8 Å². The maximum absolute atomic E-state index is 11.2. The van der Waals surface area contributed by atoms with E-state index in [1.807, 2.05) is 50.2 Å². The smallest absolute Gasteiger partial charge is 0.155 e. The van der Waals surface area contributed by atoms with E-state index in [4.69, 9.17) is 11.6 Å². The molecule has 0 saturated heterocycles. The Kier molecular flexibility index (Phi) is 3.90.